The van der Waals surface area contributed by atoms with Crippen LogP contribution in [0.25, 0.3) is 11.3 Å². The predicted molar refractivity (Wildman–Crippen MR) is 77.0 cm³/mol. The van der Waals surface area contributed by atoms with E-state index in [2.05, 4.69) is 47.7 Å². The highest BCUT2D eigenvalue weighted by Gasteiger charge is 2.06. The smallest absolute Gasteiger partial charge is 0.107 e. The maximum atomic E-state index is 4.63. The van der Waals surface area contributed by atoms with Gasteiger partial charge in [-0.15, -0.1) is 23.7 Å². The van der Waals surface area contributed by atoms with Crippen LogP contribution >= 0.6 is 23.7 Å². The third-order valence-corrected chi connectivity index (χ3v) is 3.40. The van der Waals surface area contributed by atoms with Crippen LogP contribution in [0.1, 0.15) is 16.1 Å². The van der Waals surface area contributed by atoms with Crippen LogP contribution in [0.3, 0.4) is 0 Å². The van der Waals surface area contributed by atoms with Crippen LogP contribution in [0.5, 0.6) is 0 Å². The van der Waals surface area contributed by atoms with Gasteiger partial charge in [-0.3, -0.25) is 0 Å². The summed E-state index contributed by atoms with van der Waals surface area (Å²) < 4.78 is 0. The molecule has 17 heavy (non-hydrogen) atoms. The molecule has 2 nitrogen and oxygen atoms in total. The van der Waals surface area contributed by atoms with Crippen molar-refractivity contribution >= 4 is 23.7 Å². The predicted octanol–water partition coefficient (Wildman–Crippen LogP) is 3.57. The molecule has 92 valence electrons. The van der Waals surface area contributed by atoms with Crippen LogP contribution in [0.2, 0.25) is 0 Å². The van der Waals surface area contributed by atoms with Crippen molar-refractivity contribution in [2.45, 2.75) is 20.4 Å². The molecular formula is C13H17ClN2S. The number of aromatic nitrogens is 1. The molecule has 0 amide bonds. The van der Waals surface area contributed by atoms with Crippen molar-refractivity contribution in [1.29, 1.82) is 0 Å². The summed E-state index contributed by atoms with van der Waals surface area (Å²) >= 11 is 1.71. The first-order valence-corrected chi connectivity index (χ1v) is 6.25. The Morgan fingerprint density at radius 1 is 1.29 bits per heavy atom. The molecule has 0 spiro atoms. The van der Waals surface area contributed by atoms with Crippen molar-refractivity contribution in [2.75, 3.05) is 7.05 Å². The molecule has 2 rings (SSSR count). The highest BCUT2D eigenvalue weighted by Crippen LogP contribution is 2.25. The van der Waals surface area contributed by atoms with Crippen LogP contribution in [0.15, 0.2) is 23.6 Å². The summed E-state index contributed by atoms with van der Waals surface area (Å²) in [5.74, 6) is 0. The molecule has 0 bridgehead atoms. The lowest BCUT2D eigenvalue weighted by molar-refractivity contribution is 0.810. The summed E-state index contributed by atoms with van der Waals surface area (Å²) in [6, 6.07) is 6.50. The van der Waals surface area contributed by atoms with E-state index in [1.807, 2.05) is 7.05 Å². The molecule has 0 unspecified atom stereocenters. The molecule has 1 aromatic heterocycles. The van der Waals surface area contributed by atoms with Gasteiger partial charge in [0.2, 0.25) is 0 Å². The second-order valence-corrected chi connectivity index (χ2v) is 4.92. The highest BCUT2D eigenvalue weighted by atomic mass is 35.5. The fraction of sp³-hybridized carbons (Fsp3) is 0.308. The second kappa shape index (κ2) is 6.15. The Kier molecular flexibility index (Phi) is 5.12. The number of hydrogen-bond donors (Lipinski definition) is 1. The lowest BCUT2D eigenvalue weighted by atomic mass is 10.0. The summed E-state index contributed by atoms with van der Waals surface area (Å²) in [5, 5.41) is 6.39. The molecule has 0 aliphatic rings. The largest absolute Gasteiger partial charge is 0.314 e. The summed E-state index contributed by atoms with van der Waals surface area (Å²) in [5.41, 5.74) is 4.91. The Balaban J connectivity index is 0.00000144. The summed E-state index contributed by atoms with van der Waals surface area (Å²) in [6.07, 6.45) is 0. The van der Waals surface area contributed by atoms with E-state index in [1.165, 1.54) is 16.7 Å². The van der Waals surface area contributed by atoms with E-state index < -0.39 is 0 Å². The number of aryl methyl sites for hydroxylation is 2. The van der Waals surface area contributed by atoms with Gasteiger partial charge in [-0.2, -0.15) is 0 Å². The highest BCUT2D eigenvalue weighted by molar-refractivity contribution is 7.09. The number of nitrogens with zero attached hydrogens (tertiary/aromatic N) is 1. The number of thiazole rings is 1. The van der Waals surface area contributed by atoms with Gasteiger partial charge in [-0.25, -0.2) is 4.98 Å². The van der Waals surface area contributed by atoms with E-state index in [1.54, 1.807) is 11.3 Å². The molecule has 2 aromatic rings. The molecular weight excluding hydrogens is 252 g/mol. The van der Waals surface area contributed by atoms with Gasteiger partial charge in [-0.1, -0.05) is 17.7 Å². The van der Waals surface area contributed by atoms with Gasteiger partial charge in [0.05, 0.1) is 5.69 Å². The van der Waals surface area contributed by atoms with E-state index >= 15 is 0 Å². The van der Waals surface area contributed by atoms with E-state index in [-0.39, 0.29) is 12.4 Å². The van der Waals surface area contributed by atoms with Gasteiger partial charge in [0.15, 0.2) is 0 Å². The molecule has 0 aliphatic heterocycles. The second-order valence-electron chi connectivity index (χ2n) is 3.98. The van der Waals surface area contributed by atoms with Crippen LogP contribution in [0, 0.1) is 13.8 Å². The van der Waals surface area contributed by atoms with E-state index in [0.717, 1.165) is 17.2 Å². The first-order valence-electron chi connectivity index (χ1n) is 5.37. The Hall–Kier alpha value is -0.900. The number of hydrogen-bond acceptors (Lipinski definition) is 3. The molecule has 0 saturated carbocycles. The Morgan fingerprint density at radius 3 is 2.76 bits per heavy atom. The lowest BCUT2D eigenvalue weighted by Gasteiger charge is -2.03. The lowest BCUT2D eigenvalue weighted by Crippen LogP contribution is -2.04. The van der Waals surface area contributed by atoms with E-state index in [0.29, 0.717) is 0 Å². The number of nitrogens with one attached hydrogen (secondary N) is 1. The van der Waals surface area contributed by atoms with Crippen molar-refractivity contribution < 1.29 is 0 Å². The minimum Gasteiger partial charge on any atom is -0.314 e. The van der Waals surface area contributed by atoms with Crippen LogP contribution in [0.4, 0.5) is 0 Å². The Bertz CT molecular complexity index is 494. The summed E-state index contributed by atoms with van der Waals surface area (Å²) in [7, 11) is 1.94. The van der Waals surface area contributed by atoms with Crippen molar-refractivity contribution in [2.24, 2.45) is 0 Å². The fourth-order valence-electron chi connectivity index (χ4n) is 1.68. The van der Waals surface area contributed by atoms with E-state index in [4.69, 9.17) is 0 Å². The Labute approximate surface area is 113 Å². The standard InChI is InChI=1S/C13H16N2S.ClH/c1-9-4-5-10(2)11(6-9)12-8-16-13(15-12)7-14-3;/h4-6,8,14H,7H2,1-3H3;1H. The van der Waals surface area contributed by atoms with Gasteiger partial charge in [0.1, 0.15) is 5.01 Å². The maximum absolute atomic E-state index is 4.63. The van der Waals surface area contributed by atoms with Gasteiger partial charge < -0.3 is 5.32 Å². The molecule has 0 fully saturated rings. The summed E-state index contributed by atoms with van der Waals surface area (Å²) in [6.45, 7) is 5.09. The molecule has 0 atom stereocenters. The molecule has 1 N–H and O–H groups in total. The van der Waals surface area contributed by atoms with Crippen molar-refractivity contribution in [3.8, 4) is 11.3 Å². The molecule has 4 heteroatoms. The molecule has 1 heterocycles. The van der Waals surface area contributed by atoms with Gasteiger partial charge in [0.25, 0.3) is 0 Å². The van der Waals surface area contributed by atoms with Crippen LogP contribution in [-0.4, -0.2) is 12.0 Å². The zero-order valence-corrected chi connectivity index (χ0v) is 11.9. The first kappa shape index (κ1) is 14.2. The number of halogens is 1. The zero-order chi connectivity index (χ0) is 11.5. The maximum Gasteiger partial charge on any atom is 0.107 e. The zero-order valence-electron chi connectivity index (χ0n) is 10.3. The molecule has 0 radical (unpaired) electrons. The van der Waals surface area contributed by atoms with Crippen LogP contribution < -0.4 is 5.32 Å². The van der Waals surface area contributed by atoms with Gasteiger partial charge >= 0.3 is 0 Å². The van der Waals surface area contributed by atoms with Crippen LogP contribution in [-0.2, 0) is 6.54 Å². The first-order chi connectivity index (χ1) is 7.70. The summed E-state index contributed by atoms with van der Waals surface area (Å²) in [4.78, 5) is 4.63. The Morgan fingerprint density at radius 2 is 2.06 bits per heavy atom. The monoisotopic (exact) mass is 268 g/mol. The fourth-order valence-corrected chi connectivity index (χ4v) is 2.48. The van der Waals surface area contributed by atoms with Gasteiger partial charge in [0, 0.05) is 17.5 Å². The minimum absolute atomic E-state index is 0. The third-order valence-electron chi connectivity index (χ3n) is 2.55. The average Bonchev–Trinajstić information content (AvgIpc) is 2.71. The topological polar surface area (TPSA) is 24.9 Å². The number of benzene rings is 1. The number of rotatable bonds is 3. The normalized spacial score (nSPS) is 10.1. The van der Waals surface area contributed by atoms with E-state index in [9.17, 15) is 0 Å². The minimum atomic E-state index is 0. The average molecular weight is 269 g/mol. The van der Waals surface area contributed by atoms with Crippen molar-refractivity contribution in [3.63, 3.8) is 0 Å². The quantitative estimate of drug-likeness (QED) is 0.921. The molecule has 1 aromatic carbocycles. The van der Waals surface area contributed by atoms with Gasteiger partial charge in [-0.05, 0) is 32.5 Å². The molecule has 0 saturated heterocycles. The van der Waals surface area contributed by atoms with Crippen molar-refractivity contribution in [3.05, 3.63) is 39.7 Å². The molecule has 0 aliphatic carbocycles. The third kappa shape index (κ3) is 3.28. The van der Waals surface area contributed by atoms with Crippen molar-refractivity contribution in [1.82, 2.24) is 10.3 Å². The SMILES string of the molecule is CNCc1nc(-c2cc(C)ccc2C)cs1.Cl.